The number of hydrogen-bond donors (Lipinski definition) is 2. The van der Waals surface area contributed by atoms with Crippen LogP contribution in [0.1, 0.15) is 48.9 Å². The van der Waals surface area contributed by atoms with Crippen LogP contribution in [0, 0.1) is 11.7 Å². The minimum atomic E-state index is -0.645. The molecule has 0 aliphatic heterocycles. The molecule has 1 aromatic rings. The van der Waals surface area contributed by atoms with Crippen molar-refractivity contribution in [3.8, 4) is 5.75 Å². The maximum absolute atomic E-state index is 14.2. The Morgan fingerprint density at radius 2 is 2.14 bits per heavy atom. The number of halogens is 1. The van der Waals surface area contributed by atoms with E-state index in [-0.39, 0.29) is 24.0 Å². The second kappa shape index (κ2) is 8.13. The van der Waals surface area contributed by atoms with E-state index in [0.717, 1.165) is 25.7 Å². The summed E-state index contributed by atoms with van der Waals surface area (Å²) in [6.07, 6.45) is 6.12. The predicted octanol–water partition coefficient (Wildman–Crippen LogP) is 2.90. The van der Waals surface area contributed by atoms with Crippen molar-refractivity contribution < 1.29 is 19.0 Å². The Labute approximate surface area is 130 Å². The number of rotatable bonds is 6. The average molecular weight is 309 g/mol. The zero-order valence-corrected chi connectivity index (χ0v) is 13.0. The minimum Gasteiger partial charge on any atom is -0.494 e. The molecule has 5 heteroatoms. The molecule has 0 heterocycles. The van der Waals surface area contributed by atoms with E-state index in [1.54, 1.807) is 6.07 Å². The van der Waals surface area contributed by atoms with E-state index in [4.69, 9.17) is 4.74 Å². The van der Waals surface area contributed by atoms with Crippen molar-refractivity contribution in [1.82, 2.24) is 5.32 Å². The van der Waals surface area contributed by atoms with Gasteiger partial charge in [0.25, 0.3) is 5.91 Å². The van der Waals surface area contributed by atoms with Gasteiger partial charge in [0.15, 0.2) is 11.6 Å². The van der Waals surface area contributed by atoms with Crippen molar-refractivity contribution in [3.63, 3.8) is 0 Å². The molecule has 0 bridgehead atoms. The third-order valence-corrected chi connectivity index (χ3v) is 4.40. The third kappa shape index (κ3) is 3.97. The van der Waals surface area contributed by atoms with Gasteiger partial charge in [-0.1, -0.05) is 25.3 Å². The first-order valence-corrected chi connectivity index (χ1v) is 7.91. The van der Waals surface area contributed by atoms with Gasteiger partial charge in [0, 0.05) is 12.6 Å². The van der Waals surface area contributed by atoms with Gasteiger partial charge in [-0.2, -0.15) is 0 Å². The fraction of sp³-hybridized carbons (Fsp3) is 0.588. The highest BCUT2D eigenvalue weighted by atomic mass is 19.1. The molecule has 1 aliphatic rings. The van der Waals surface area contributed by atoms with Crippen LogP contribution in [0.5, 0.6) is 5.75 Å². The fourth-order valence-electron chi connectivity index (χ4n) is 3.19. The van der Waals surface area contributed by atoms with Gasteiger partial charge in [0.2, 0.25) is 0 Å². The summed E-state index contributed by atoms with van der Waals surface area (Å²) in [5.41, 5.74) is -0.0156. The lowest BCUT2D eigenvalue weighted by Crippen LogP contribution is -2.42. The van der Waals surface area contributed by atoms with Crippen LogP contribution in [-0.2, 0) is 0 Å². The number of ether oxygens (including phenoxy) is 1. The zero-order chi connectivity index (χ0) is 15.9. The van der Waals surface area contributed by atoms with E-state index in [0.29, 0.717) is 12.3 Å². The van der Waals surface area contributed by atoms with Crippen molar-refractivity contribution in [2.75, 3.05) is 13.7 Å². The highest BCUT2D eigenvalue weighted by molar-refractivity contribution is 5.95. The van der Waals surface area contributed by atoms with Crippen LogP contribution in [0.15, 0.2) is 18.2 Å². The van der Waals surface area contributed by atoms with Gasteiger partial charge < -0.3 is 15.2 Å². The Bertz CT molecular complexity index is 501. The number of benzene rings is 1. The second-order valence-corrected chi connectivity index (χ2v) is 5.81. The molecule has 0 aromatic heterocycles. The van der Waals surface area contributed by atoms with E-state index in [9.17, 15) is 14.3 Å². The van der Waals surface area contributed by atoms with Crippen molar-refractivity contribution in [1.29, 1.82) is 0 Å². The summed E-state index contributed by atoms with van der Waals surface area (Å²) in [5.74, 6) is -0.670. The minimum absolute atomic E-state index is 0.0156. The Morgan fingerprint density at radius 1 is 1.41 bits per heavy atom. The fourth-order valence-corrected chi connectivity index (χ4v) is 3.19. The summed E-state index contributed by atoms with van der Waals surface area (Å²) >= 11 is 0. The standard InChI is InChI=1S/C17H24FNO3/c1-22-15-9-5-8-13(16(15)18)17(21)19-14(10-11-20)12-6-3-2-4-7-12/h5,8-9,12,14,20H,2-4,6-7,10-11H2,1H3,(H,19,21). The van der Waals surface area contributed by atoms with Crippen LogP contribution in [-0.4, -0.2) is 30.8 Å². The van der Waals surface area contributed by atoms with E-state index in [1.165, 1.54) is 25.7 Å². The van der Waals surface area contributed by atoms with Crippen molar-refractivity contribution >= 4 is 5.91 Å². The van der Waals surface area contributed by atoms with Gasteiger partial charge in [-0.15, -0.1) is 0 Å². The molecule has 1 saturated carbocycles. The average Bonchev–Trinajstić information content (AvgIpc) is 2.55. The van der Waals surface area contributed by atoms with Gasteiger partial charge in [0.05, 0.1) is 12.7 Å². The number of aliphatic hydroxyl groups is 1. The number of methoxy groups -OCH3 is 1. The summed E-state index contributed by atoms with van der Waals surface area (Å²) in [6, 6.07) is 4.42. The molecule has 2 rings (SSSR count). The molecule has 4 nitrogen and oxygen atoms in total. The molecule has 0 spiro atoms. The smallest absolute Gasteiger partial charge is 0.254 e. The van der Waals surface area contributed by atoms with Crippen LogP contribution in [0.4, 0.5) is 4.39 Å². The molecule has 1 atom stereocenters. The van der Waals surface area contributed by atoms with E-state index in [2.05, 4.69) is 5.32 Å². The molecular weight excluding hydrogens is 285 g/mol. The number of carbonyl (C=O) groups excluding carboxylic acids is 1. The number of carbonyl (C=O) groups is 1. The Morgan fingerprint density at radius 3 is 2.77 bits per heavy atom. The molecule has 0 radical (unpaired) electrons. The van der Waals surface area contributed by atoms with Crippen LogP contribution < -0.4 is 10.1 Å². The summed E-state index contributed by atoms with van der Waals surface area (Å²) in [6.45, 7) is 0.0159. The molecule has 22 heavy (non-hydrogen) atoms. The molecule has 122 valence electrons. The van der Waals surface area contributed by atoms with Gasteiger partial charge in [-0.05, 0) is 37.3 Å². The van der Waals surface area contributed by atoms with Crippen LogP contribution >= 0.6 is 0 Å². The maximum atomic E-state index is 14.2. The van der Waals surface area contributed by atoms with Gasteiger partial charge in [0.1, 0.15) is 0 Å². The summed E-state index contributed by atoms with van der Waals surface area (Å²) < 4.78 is 19.1. The van der Waals surface area contributed by atoms with Gasteiger partial charge in [-0.3, -0.25) is 4.79 Å². The highest BCUT2D eigenvalue weighted by Crippen LogP contribution is 2.28. The zero-order valence-electron chi connectivity index (χ0n) is 13.0. The molecular formula is C17H24FNO3. The Kier molecular flexibility index (Phi) is 6.19. The normalized spacial score (nSPS) is 17.0. The van der Waals surface area contributed by atoms with E-state index < -0.39 is 11.7 Å². The molecule has 1 aliphatic carbocycles. The predicted molar refractivity (Wildman–Crippen MR) is 82.5 cm³/mol. The molecule has 1 amide bonds. The van der Waals surface area contributed by atoms with Gasteiger partial charge >= 0.3 is 0 Å². The quantitative estimate of drug-likeness (QED) is 0.849. The lowest BCUT2D eigenvalue weighted by molar-refractivity contribution is 0.0895. The summed E-state index contributed by atoms with van der Waals surface area (Å²) in [5, 5.41) is 12.1. The lowest BCUT2D eigenvalue weighted by Gasteiger charge is -2.30. The number of amides is 1. The number of hydrogen-bond acceptors (Lipinski definition) is 3. The largest absolute Gasteiger partial charge is 0.494 e. The maximum Gasteiger partial charge on any atom is 0.254 e. The topological polar surface area (TPSA) is 58.6 Å². The SMILES string of the molecule is COc1cccc(C(=O)NC(CCO)C2CCCCC2)c1F. The van der Waals surface area contributed by atoms with Crippen molar-refractivity contribution in [2.45, 2.75) is 44.6 Å². The molecule has 1 aromatic carbocycles. The van der Waals surface area contributed by atoms with Crippen LogP contribution in [0.2, 0.25) is 0 Å². The molecule has 2 N–H and O–H groups in total. The van der Waals surface area contributed by atoms with E-state index in [1.807, 2.05) is 0 Å². The first-order chi connectivity index (χ1) is 10.7. The first kappa shape index (κ1) is 16.7. The Hall–Kier alpha value is -1.62. The van der Waals surface area contributed by atoms with Crippen LogP contribution in [0.3, 0.4) is 0 Å². The second-order valence-electron chi connectivity index (χ2n) is 5.81. The Balaban J connectivity index is 2.10. The van der Waals surface area contributed by atoms with E-state index >= 15 is 0 Å². The third-order valence-electron chi connectivity index (χ3n) is 4.40. The summed E-state index contributed by atoms with van der Waals surface area (Å²) in [4.78, 5) is 12.4. The van der Waals surface area contributed by atoms with Gasteiger partial charge in [-0.25, -0.2) is 4.39 Å². The molecule has 1 fully saturated rings. The molecule has 0 saturated heterocycles. The highest BCUT2D eigenvalue weighted by Gasteiger charge is 2.26. The van der Waals surface area contributed by atoms with Crippen molar-refractivity contribution in [2.24, 2.45) is 5.92 Å². The number of nitrogens with one attached hydrogen (secondary N) is 1. The number of aliphatic hydroxyl groups excluding tert-OH is 1. The first-order valence-electron chi connectivity index (χ1n) is 7.91. The van der Waals surface area contributed by atoms with Crippen LogP contribution in [0.25, 0.3) is 0 Å². The van der Waals surface area contributed by atoms with Crippen molar-refractivity contribution in [3.05, 3.63) is 29.6 Å². The lowest BCUT2D eigenvalue weighted by atomic mass is 9.82. The monoisotopic (exact) mass is 309 g/mol. The summed E-state index contributed by atoms with van der Waals surface area (Å²) in [7, 11) is 1.37. The molecule has 1 unspecified atom stereocenters.